The van der Waals surface area contributed by atoms with Crippen molar-refractivity contribution in [3.63, 3.8) is 0 Å². The van der Waals surface area contributed by atoms with Crippen LogP contribution in [0, 0.1) is 0 Å². The van der Waals surface area contributed by atoms with E-state index in [1.807, 2.05) is 30.3 Å². The predicted octanol–water partition coefficient (Wildman–Crippen LogP) is 2.84. The third-order valence-corrected chi connectivity index (χ3v) is 5.23. The van der Waals surface area contributed by atoms with E-state index < -0.39 is 6.09 Å². The van der Waals surface area contributed by atoms with E-state index in [0.717, 1.165) is 11.1 Å². The zero-order valence-corrected chi connectivity index (χ0v) is 16.7. The van der Waals surface area contributed by atoms with Crippen LogP contribution in [0.15, 0.2) is 36.4 Å². The van der Waals surface area contributed by atoms with Crippen LogP contribution < -0.4 is 15.0 Å². The van der Waals surface area contributed by atoms with Crippen molar-refractivity contribution in [3.8, 4) is 5.88 Å². The number of hydrogen-bond donors (Lipinski definition) is 1. The van der Waals surface area contributed by atoms with Crippen molar-refractivity contribution >= 4 is 29.5 Å². The number of anilines is 1. The number of urea groups is 1. The number of methoxy groups -OCH3 is 1. The highest BCUT2D eigenvalue weighted by molar-refractivity contribution is 6.30. The smallest absolute Gasteiger partial charge is 0.407 e. The Kier molecular flexibility index (Phi) is 5.44. The molecule has 0 unspecified atom stereocenters. The lowest BCUT2D eigenvalue weighted by molar-refractivity contribution is 0.176. The second-order valence-electron chi connectivity index (χ2n) is 6.96. The first-order chi connectivity index (χ1) is 14.0. The fraction of sp³-hybridized carbons (Fsp3) is 0.350. The molecule has 1 N–H and O–H groups in total. The fourth-order valence-corrected chi connectivity index (χ4v) is 3.62. The quantitative estimate of drug-likeness (QED) is 0.782. The van der Waals surface area contributed by atoms with Gasteiger partial charge in [-0.25, -0.2) is 9.59 Å². The van der Waals surface area contributed by atoms with Crippen LogP contribution in [-0.2, 0) is 17.7 Å². The topological polar surface area (TPSA) is 84.0 Å². The maximum absolute atomic E-state index is 12.9. The number of hydrogen-bond acceptors (Lipinski definition) is 5. The molecule has 1 aromatic carbocycles. The summed E-state index contributed by atoms with van der Waals surface area (Å²) in [4.78, 5) is 32.0. The number of pyridine rings is 1. The van der Waals surface area contributed by atoms with Crippen molar-refractivity contribution in [3.05, 3.63) is 52.5 Å². The zero-order valence-electron chi connectivity index (χ0n) is 15.9. The van der Waals surface area contributed by atoms with Gasteiger partial charge in [0.15, 0.2) is 0 Å². The van der Waals surface area contributed by atoms with Gasteiger partial charge in [-0.15, -0.1) is 0 Å². The summed E-state index contributed by atoms with van der Waals surface area (Å²) in [7, 11) is 1.54. The lowest BCUT2D eigenvalue weighted by atomic mass is 10.1. The second kappa shape index (κ2) is 8.16. The highest BCUT2D eigenvalue weighted by Gasteiger charge is 2.31. The van der Waals surface area contributed by atoms with Gasteiger partial charge in [0.25, 0.3) is 0 Å². The maximum atomic E-state index is 12.9. The highest BCUT2D eigenvalue weighted by Crippen LogP contribution is 2.26. The van der Waals surface area contributed by atoms with Gasteiger partial charge in [-0.1, -0.05) is 23.7 Å². The van der Waals surface area contributed by atoms with Crippen LogP contribution in [-0.4, -0.2) is 54.9 Å². The Labute approximate surface area is 173 Å². The Bertz CT molecular complexity index is 921. The minimum absolute atomic E-state index is 0.0984. The van der Waals surface area contributed by atoms with Crippen LogP contribution in [0.1, 0.15) is 11.1 Å². The minimum atomic E-state index is -0.415. The molecule has 2 fully saturated rings. The third kappa shape index (κ3) is 4.22. The molecule has 1 aromatic heterocycles. The van der Waals surface area contributed by atoms with Crippen molar-refractivity contribution in [2.24, 2.45) is 0 Å². The molecule has 2 aliphatic rings. The number of amides is 3. The number of rotatable bonds is 6. The standard InChI is InChI=1S/C20H21ClN4O4/c1-28-18-14(10-16-12-29-19(26)22-16)4-7-17(23-18)25-9-8-24(20(25)27)11-13-2-5-15(21)6-3-13/h2-7,16H,8-12H2,1H3,(H,22,26)/t16-/m0/s1. The molecule has 1 atom stereocenters. The number of alkyl carbamates (subject to hydrolysis) is 1. The SMILES string of the molecule is COc1nc(N2CCN(Cc3ccc(Cl)cc3)C2=O)ccc1C[C@H]1COC(=O)N1. The van der Waals surface area contributed by atoms with Gasteiger partial charge in [-0.2, -0.15) is 4.98 Å². The van der Waals surface area contributed by atoms with Gasteiger partial charge in [0.2, 0.25) is 5.88 Å². The second-order valence-corrected chi connectivity index (χ2v) is 7.40. The predicted molar refractivity (Wildman–Crippen MR) is 107 cm³/mol. The van der Waals surface area contributed by atoms with Crippen LogP contribution >= 0.6 is 11.6 Å². The van der Waals surface area contributed by atoms with E-state index in [1.165, 1.54) is 7.11 Å². The van der Waals surface area contributed by atoms with E-state index in [0.29, 0.717) is 49.4 Å². The average Bonchev–Trinajstić information content (AvgIpc) is 3.29. The Morgan fingerprint density at radius 1 is 1.21 bits per heavy atom. The molecular weight excluding hydrogens is 396 g/mol. The van der Waals surface area contributed by atoms with Crippen molar-refractivity contribution in [1.82, 2.24) is 15.2 Å². The molecule has 2 saturated heterocycles. The summed E-state index contributed by atoms with van der Waals surface area (Å²) >= 11 is 5.93. The van der Waals surface area contributed by atoms with Crippen LogP contribution in [0.4, 0.5) is 15.4 Å². The number of nitrogens with zero attached hydrogens (tertiary/aromatic N) is 3. The van der Waals surface area contributed by atoms with E-state index in [-0.39, 0.29) is 12.1 Å². The van der Waals surface area contributed by atoms with Gasteiger partial charge in [0, 0.05) is 36.6 Å². The number of carbonyl (C=O) groups is 2. The van der Waals surface area contributed by atoms with E-state index in [4.69, 9.17) is 21.1 Å². The molecule has 9 heteroatoms. The first kappa shape index (κ1) is 19.3. The summed E-state index contributed by atoms with van der Waals surface area (Å²) in [5.41, 5.74) is 1.86. The molecule has 3 amide bonds. The molecule has 0 radical (unpaired) electrons. The van der Waals surface area contributed by atoms with Gasteiger partial charge >= 0.3 is 12.1 Å². The van der Waals surface area contributed by atoms with E-state index >= 15 is 0 Å². The van der Waals surface area contributed by atoms with Crippen LogP contribution in [0.5, 0.6) is 5.88 Å². The number of halogens is 1. The average molecular weight is 417 g/mol. The van der Waals surface area contributed by atoms with Crippen LogP contribution in [0.2, 0.25) is 5.02 Å². The molecule has 2 aromatic rings. The van der Waals surface area contributed by atoms with Gasteiger partial charge in [-0.3, -0.25) is 4.90 Å². The van der Waals surface area contributed by atoms with Gasteiger partial charge in [0.05, 0.1) is 13.2 Å². The molecule has 152 valence electrons. The molecule has 29 heavy (non-hydrogen) atoms. The molecule has 2 aliphatic heterocycles. The zero-order chi connectivity index (χ0) is 20.4. The molecule has 8 nitrogen and oxygen atoms in total. The summed E-state index contributed by atoms with van der Waals surface area (Å²) in [6, 6.07) is 10.9. The van der Waals surface area contributed by atoms with Crippen molar-refractivity contribution in [2.45, 2.75) is 19.0 Å². The normalized spacial score (nSPS) is 18.8. The Balaban J connectivity index is 1.45. The summed E-state index contributed by atoms with van der Waals surface area (Å²) < 4.78 is 10.3. The van der Waals surface area contributed by atoms with Crippen molar-refractivity contribution in [1.29, 1.82) is 0 Å². The van der Waals surface area contributed by atoms with Gasteiger partial charge in [-0.05, 0) is 29.8 Å². The monoisotopic (exact) mass is 416 g/mol. The first-order valence-electron chi connectivity index (χ1n) is 9.31. The Morgan fingerprint density at radius 2 is 2.00 bits per heavy atom. The first-order valence-corrected chi connectivity index (χ1v) is 9.69. The van der Waals surface area contributed by atoms with Gasteiger partial charge < -0.3 is 19.7 Å². The van der Waals surface area contributed by atoms with Crippen LogP contribution in [0.3, 0.4) is 0 Å². The number of ether oxygens (including phenoxy) is 2. The van der Waals surface area contributed by atoms with E-state index in [9.17, 15) is 9.59 Å². The maximum Gasteiger partial charge on any atom is 0.407 e. The number of carbonyl (C=O) groups excluding carboxylic acids is 2. The fourth-order valence-electron chi connectivity index (χ4n) is 3.50. The van der Waals surface area contributed by atoms with Crippen molar-refractivity contribution < 1.29 is 19.1 Å². The molecular formula is C20H21ClN4O4. The molecule has 0 bridgehead atoms. The van der Waals surface area contributed by atoms with Crippen LogP contribution in [0.25, 0.3) is 0 Å². The molecule has 0 aliphatic carbocycles. The number of nitrogens with one attached hydrogen (secondary N) is 1. The summed E-state index contributed by atoms with van der Waals surface area (Å²) in [5, 5.41) is 3.41. The summed E-state index contributed by atoms with van der Waals surface area (Å²) in [6.45, 7) is 1.99. The van der Waals surface area contributed by atoms with Gasteiger partial charge in [0.1, 0.15) is 12.4 Å². The molecule has 0 spiro atoms. The lowest BCUT2D eigenvalue weighted by Gasteiger charge is -2.19. The Hall–Kier alpha value is -3.00. The lowest BCUT2D eigenvalue weighted by Crippen LogP contribution is -2.32. The number of cyclic esters (lactones) is 1. The molecule has 4 rings (SSSR count). The Morgan fingerprint density at radius 3 is 2.69 bits per heavy atom. The number of benzene rings is 1. The van der Waals surface area contributed by atoms with E-state index in [2.05, 4.69) is 10.3 Å². The van der Waals surface area contributed by atoms with E-state index in [1.54, 1.807) is 15.9 Å². The minimum Gasteiger partial charge on any atom is -0.481 e. The number of aromatic nitrogens is 1. The largest absolute Gasteiger partial charge is 0.481 e. The summed E-state index contributed by atoms with van der Waals surface area (Å²) in [5.74, 6) is 0.980. The summed E-state index contributed by atoms with van der Waals surface area (Å²) in [6.07, 6.45) is 0.126. The third-order valence-electron chi connectivity index (χ3n) is 4.98. The highest BCUT2D eigenvalue weighted by atomic mass is 35.5. The van der Waals surface area contributed by atoms with Crippen molar-refractivity contribution in [2.75, 3.05) is 31.7 Å². The molecule has 0 saturated carbocycles. The molecule has 3 heterocycles.